The van der Waals surface area contributed by atoms with E-state index < -0.39 is 0 Å². The molecule has 1 aromatic rings. The van der Waals surface area contributed by atoms with Crippen LogP contribution in [0, 0.1) is 12.3 Å². The molecule has 0 fully saturated rings. The van der Waals surface area contributed by atoms with E-state index in [9.17, 15) is 4.79 Å². The summed E-state index contributed by atoms with van der Waals surface area (Å²) in [7, 11) is 0. The van der Waals surface area contributed by atoms with Crippen LogP contribution >= 0.6 is 11.6 Å². The molecule has 0 radical (unpaired) electrons. The highest BCUT2D eigenvalue weighted by atomic mass is 35.5. The molecule has 0 saturated heterocycles. The SMILES string of the molecule is C#CCNC(=O)c1cc(N)nc(Cl)c1. The van der Waals surface area contributed by atoms with Crippen LogP contribution in [-0.4, -0.2) is 17.4 Å². The number of aromatic nitrogens is 1. The fraction of sp³-hybridized carbons (Fsp3) is 0.111. The van der Waals surface area contributed by atoms with Gasteiger partial charge in [-0.05, 0) is 12.1 Å². The fourth-order valence-corrected chi connectivity index (χ4v) is 1.10. The second kappa shape index (κ2) is 4.49. The Morgan fingerprint density at radius 3 is 3.00 bits per heavy atom. The number of nitrogen functional groups attached to an aromatic ring is 1. The minimum Gasteiger partial charge on any atom is -0.384 e. The maximum absolute atomic E-state index is 11.4. The minimum atomic E-state index is -0.320. The second-order valence-corrected chi connectivity index (χ2v) is 2.88. The van der Waals surface area contributed by atoms with Crippen LogP contribution in [0.5, 0.6) is 0 Å². The van der Waals surface area contributed by atoms with Crippen molar-refractivity contribution in [2.24, 2.45) is 0 Å². The van der Waals surface area contributed by atoms with Gasteiger partial charge in [-0.15, -0.1) is 6.42 Å². The summed E-state index contributed by atoms with van der Waals surface area (Å²) < 4.78 is 0. The lowest BCUT2D eigenvalue weighted by Gasteiger charge is -2.02. The summed E-state index contributed by atoms with van der Waals surface area (Å²) >= 11 is 5.62. The predicted octanol–water partition coefficient (Wildman–Crippen LogP) is 0.680. The maximum Gasteiger partial charge on any atom is 0.252 e. The third-order valence-electron chi connectivity index (χ3n) is 1.43. The van der Waals surface area contributed by atoms with Gasteiger partial charge in [0.15, 0.2) is 0 Å². The average Bonchev–Trinajstić information content (AvgIpc) is 2.12. The number of hydrogen-bond acceptors (Lipinski definition) is 3. The molecule has 0 aromatic carbocycles. The Morgan fingerprint density at radius 1 is 1.71 bits per heavy atom. The Labute approximate surface area is 86.5 Å². The molecule has 1 heterocycles. The van der Waals surface area contributed by atoms with E-state index in [4.69, 9.17) is 23.8 Å². The lowest BCUT2D eigenvalue weighted by molar-refractivity contribution is 0.0958. The van der Waals surface area contributed by atoms with Crippen molar-refractivity contribution in [3.05, 3.63) is 22.8 Å². The Bertz CT molecular complexity index is 377. The molecule has 0 aliphatic heterocycles. The number of amides is 1. The first kappa shape index (κ1) is 10.4. The summed E-state index contributed by atoms with van der Waals surface area (Å²) in [6.07, 6.45) is 4.99. The Balaban J connectivity index is 2.85. The number of terminal acetylenes is 1. The molecule has 14 heavy (non-hydrogen) atoms. The lowest BCUT2D eigenvalue weighted by Crippen LogP contribution is -2.23. The Morgan fingerprint density at radius 2 is 2.43 bits per heavy atom. The van der Waals surface area contributed by atoms with E-state index in [-0.39, 0.29) is 23.4 Å². The quantitative estimate of drug-likeness (QED) is 0.556. The third kappa shape index (κ3) is 2.64. The van der Waals surface area contributed by atoms with Gasteiger partial charge in [-0.2, -0.15) is 0 Å². The van der Waals surface area contributed by atoms with Crippen molar-refractivity contribution in [3.8, 4) is 12.3 Å². The maximum atomic E-state index is 11.4. The Kier molecular flexibility index (Phi) is 3.32. The number of halogens is 1. The van der Waals surface area contributed by atoms with Crippen LogP contribution in [0.3, 0.4) is 0 Å². The Hall–Kier alpha value is -1.73. The first-order valence-corrected chi connectivity index (χ1v) is 4.16. The van der Waals surface area contributed by atoms with E-state index in [2.05, 4.69) is 16.2 Å². The number of nitrogens with two attached hydrogens (primary N) is 1. The molecule has 0 spiro atoms. The van der Waals surface area contributed by atoms with Crippen molar-refractivity contribution < 1.29 is 4.79 Å². The van der Waals surface area contributed by atoms with Gasteiger partial charge in [0, 0.05) is 5.56 Å². The van der Waals surface area contributed by atoms with Crippen molar-refractivity contribution >= 4 is 23.3 Å². The third-order valence-corrected chi connectivity index (χ3v) is 1.62. The van der Waals surface area contributed by atoms with Crippen LogP contribution in [0.2, 0.25) is 5.15 Å². The molecule has 72 valence electrons. The molecule has 1 amide bonds. The number of carbonyl (C=O) groups excluding carboxylic acids is 1. The van der Waals surface area contributed by atoms with Crippen LogP contribution in [-0.2, 0) is 0 Å². The first-order valence-electron chi connectivity index (χ1n) is 3.78. The molecular formula is C9H8ClN3O. The van der Waals surface area contributed by atoms with E-state index in [1.165, 1.54) is 12.1 Å². The van der Waals surface area contributed by atoms with E-state index >= 15 is 0 Å². The minimum absolute atomic E-state index is 0.165. The van der Waals surface area contributed by atoms with E-state index in [1.807, 2.05) is 0 Å². The fourth-order valence-electron chi connectivity index (χ4n) is 0.882. The molecule has 0 unspecified atom stereocenters. The number of hydrogen-bond donors (Lipinski definition) is 2. The topological polar surface area (TPSA) is 68.0 Å². The summed E-state index contributed by atoms with van der Waals surface area (Å²) in [5, 5.41) is 2.66. The monoisotopic (exact) mass is 209 g/mol. The molecule has 0 bridgehead atoms. The number of nitrogens with zero attached hydrogens (tertiary/aromatic N) is 1. The van der Waals surface area contributed by atoms with Crippen molar-refractivity contribution in [1.29, 1.82) is 0 Å². The van der Waals surface area contributed by atoms with E-state index in [1.54, 1.807) is 0 Å². The predicted molar refractivity (Wildman–Crippen MR) is 54.8 cm³/mol. The van der Waals surface area contributed by atoms with Gasteiger partial charge in [-0.3, -0.25) is 4.79 Å². The molecule has 0 saturated carbocycles. The van der Waals surface area contributed by atoms with Crippen molar-refractivity contribution in [2.45, 2.75) is 0 Å². The van der Waals surface area contributed by atoms with Gasteiger partial charge in [0.25, 0.3) is 5.91 Å². The summed E-state index contributed by atoms with van der Waals surface area (Å²) in [4.78, 5) is 15.1. The molecule has 0 aliphatic carbocycles. The smallest absolute Gasteiger partial charge is 0.252 e. The largest absolute Gasteiger partial charge is 0.384 e. The van der Waals surface area contributed by atoms with Crippen LogP contribution < -0.4 is 11.1 Å². The number of rotatable bonds is 2. The van der Waals surface area contributed by atoms with Gasteiger partial charge in [0.1, 0.15) is 11.0 Å². The van der Waals surface area contributed by atoms with Crippen molar-refractivity contribution in [1.82, 2.24) is 10.3 Å². The zero-order chi connectivity index (χ0) is 10.6. The van der Waals surface area contributed by atoms with Crippen LogP contribution in [0.25, 0.3) is 0 Å². The number of anilines is 1. The van der Waals surface area contributed by atoms with E-state index in [0.717, 1.165) is 0 Å². The second-order valence-electron chi connectivity index (χ2n) is 2.49. The zero-order valence-electron chi connectivity index (χ0n) is 7.25. The molecule has 1 aromatic heterocycles. The molecule has 1 rings (SSSR count). The normalized spacial score (nSPS) is 9.14. The standard InChI is InChI=1S/C9H8ClN3O/c1-2-3-12-9(14)6-4-7(10)13-8(11)5-6/h1,4-5H,3H2,(H2,11,13)(H,12,14). The zero-order valence-corrected chi connectivity index (χ0v) is 8.01. The summed E-state index contributed by atoms with van der Waals surface area (Å²) in [5.74, 6) is 2.16. The number of carbonyl (C=O) groups is 1. The van der Waals surface area contributed by atoms with Gasteiger partial charge in [0.2, 0.25) is 0 Å². The van der Waals surface area contributed by atoms with Crippen LogP contribution in [0.15, 0.2) is 12.1 Å². The first-order chi connectivity index (χ1) is 6.63. The van der Waals surface area contributed by atoms with Gasteiger partial charge >= 0.3 is 0 Å². The van der Waals surface area contributed by atoms with E-state index in [0.29, 0.717) is 5.56 Å². The number of nitrogens with one attached hydrogen (secondary N) is 1. The summed E-state index contributed by atoms with van der Waals surface area (Å²) in [6.45, 7) is 0.165. The van der Waals surface area contributed by atoms with Crippen molar-refractivity contribution in [3.63, 3.8) is 0 Å². The van der Waals surface area contributed by atoms with Crippen LogP contribution in [0.1, 0.15) is 10.4 Å². The molecule has 5 heteroatoms. The van der Waals surface area contributed by atoms with Gasteiger partial charge in [-0.25, -0.2) is 4.98 Å². The molecule has 4 nitrogen and oxygen atoms in total. The number of pyridine rings is 1. The highest BCUT2D eigenvalue weighted by molar-refractivity contribution is 6.29. The molecule has 3 N–H and O–H groups in total. The summed E-state index contributed by atoms with van der Waals surface area (Å²) in [6, 6.07) is 2.85. The highest BCUT2D eigenvalue weighted by Gasteiger charge is 2.06. The molecule has 0 atom stereocenters. The highest BCUT2D eigenvalue weighted by Crippen LogP contribution is 2.11. The van der Waals surface area contributed by atoms with Crippen molar-refractivity contribution in [2.75, 3.05) is 12.3 Å². The van der Waals surface area contributed by atoms with Gasteiger partial charge < -0.3 is 11.1 Å². The molecular weight excluding hydrogens is 202 g/mol. The van der Waals surface area contributed by atoms with Gasteiger partial charge in [-0.1, -0.05) is 17.5 Å². The van der Waals surface area contributed by atoms with Crippen LogP contribution in [0.4, 0.5) is 5.82 Å². The summed E-state index contributed by atoms with van der Waals surface area (Å²) in [5.41, 5.74) is 5.76. The average molecular weight is 210 g/mol. The van der Waals surface area contributed by atoms with Gasteiger partial charge in [0.05, 0.1) is 6.54 Å². The molecule has 0 aliphatic rings. The lowest BCUT2D eigenvalue weighted by atomic mass is 10.2.